The lowest BCUT2D eigenvalue weighted by Gasteiger charge is -2.05. The third-order valence-corrected chi connectivity index (χ3v) is 4.37. The zero-order valence-electron chi connectivity index (χ0n) is 14.9. The van der Waals surface area contributed by atoms with Crippen LogP contribution in [0.25, 0.3) is 5.69 Å². The van der Waals surface area contributed by atoms with Crippen molar-refractivity contribution < 1.29 is 4.42 Å². The van der Waals surface area contributed by atoms with E-state index in [1.807, 2.05) is 73.7 Å². The average molecular weight is 357 g/mol. The zero-order valence-corrected chi connectivity index (χ0v) is 14.9. The van der Waals surface area contributed by atoms with E-state index < -0.39 is 0 Å². The number of H-pyrrole nitrogens is 1. The lowest BCUT2D eigenvalue weighted by Crippen LogP contribution is -2.21. The molecule has 0 bridgehead atoms. The molecule has 0 saturated heterocycles. The van der Waals surface area contributed by atoms with Gasteiger partial charge >= 0.3 is 0 Å². The van der Waals surface area contributed by atoms with Crippen LogP contribution < -0.4 is 5.56 Å². The summed E-state index contributed by atoms with van der Waals surface area (Å²) in [5, 5.41) is 3.18. The number of aromatic amines is 1. The van der Waals surface area contributed by atoms with Crippen LogP contribution in [0.4, 0.5) is 0 Å². The summed E-state index contributed by atoms with van der Waals surface area (Å²) in [4.78, 5) is 18.0. The summed E-state index contributed by atoms with van der Waals surface area (Å²) in [7, 11) is 0. The van der Waals surface area contributed by atoms with E-state index in [1.54, 1.807) is 17.2 Å². The van der Waals surface area contributed by atoms with Gasteiger partial charge in [0.25, 0.3) is 5.56 Å². The molecule has 0 aliphatic rings. The lowest BCUT2D eigenvalue weighted by atomic mass is 10.0. The van der Waals surface area contributed by atoms with Crippen molar-refractivity contribution in [3.63, 3.8) is 0 Å². The number of benzene rings is 2. The molecule has 0 amide bonds. The molecule has 5 nitrogen and oxygen atoms in total. The highest BCUT2D eigenvalue weighted by Gasteiger charge is 2.19. The monoisotopic (exact) mass is 357 g/mol. The molecule has 0 radical (unpaired) electrons. The molecule has 0 fully saturated rings. The van der Waals surface area contributed by atoms with E-state index in [0.29, 0.717) is 17.8 Å². The van der Waals surface area contributed by atoms with E-state index in [0.717, 1.165) is 22.5 Å². The van der Waals surface area contributed by atoms with E-state index in [1.165, 1.54) is 0 Å². The molecule has 2 heterocycles. The summed E-state index contributed by atoms with van der Waals surface area (Å²) in [5.74, 6) is 0. The zero-order chi connectivity index (χ0) is 18.6. The van der Waals surface area contributed by atoms with Crippen LogP contribution in [0.2, 0.25) is 0 Å². The summed E-state index contributed by atoms with van der Waals surface area (Å²) in [6.07, 6.45) is 3.29. The molecule has 2 aromatic heterocycles. The molecule has 2 aromatic carbocycles. The minimum atomic E-state index is -0.117. The molecular weight excluding hydrogens is 338 g/mol. The molecule has 0 aliphatic heterocycles. The van der Waals surface area contributed by atoms with Crippen LogP contribution >= 0.6 is 0 Å². The predicted molar refractivity (Wildman–Crippen MR) is 106 cm³/mol. The Labute approximate surface area is 156 Å². The molecule has 0 saturated carbocycles. The summed E-state index contributed by atoms with van der Waals surface area (Å²) in [5.41, 5.74) is 4.56. The largest absolute Gasteiger partial charge is 0.472 e. The Morgan fingerprint density at radius 3 is 2.41 bits per heavy atom. The minimum Gasteiger partial charge on any atom is -0.472 e. The van der Waals surface area contributed by atoms with Gasteiger partial charge in [-0.25, -0.2) is 4.68 Å². The van der Waals surface area contributed by atoms with E-state index in [-0.39, 0.29) is 5.56 Å². The Morgan fingerprint density at radius 1 is 1.04 bits per heavy atom. The molecule has 27 heavy (non-hydrogen) atoms. The topological polar surface area (TPSA) is 63.3 Å². The number of nitrogens with zero attached hydrogens (tertiary/aromatic N) is 2. The van der Waals surface area contributed by atoms with E-state index in [2.05, 4.69) is 5.10 Å². The molecule has 1 N–H and O–H groups in total. The van der Waals surface area contributed by atoms with Gasteiger partial charge in [-0.2, -0.15) is 0 Å². The SMILES string of the molecule is Cc1[nH]n(-c2ccccc2)c(=O)c1C(=NCc1ccoc1)c1ccccc1. The van der Waals surface area contributed by atoms with Gasteiger partial charge < -0.3 is 4.42 Å². The van der Waals surface area contributed by atoms with Crippen LogP contribution in [0, 0.1) is 6.92 Å². The van der Waals surface area contributed by atoms with Gasteiger partial charge in [-0.05, 0) is 25.1 Å². The second-order valence-electron chi connectivity index (χ2n) is 6.25. The molecule has 0 unspecified atom stereocenters. The molecular formula is C22H19N3O2. The summed E-state index contributed by atoms with van der Waals surface area (Å²) >= 11 is 0. The fourth-order valence-corrected chi connectivity index (χ4v) is 3.05. The first-order chi connectivity index (χ1) is 13.2. The number of hydrogen-bond acceptors (Lipinski definition) is 3. The molecule has 0 spiro atoms. The second-order valence-corrected chi connectivity index (χ2v) is 6.25. The fourth-order valence-electron chi connectivity index (χ4n) is 3.05. The quantitative estimate of drug-likeness (QED) is 0.547. The van der Waals surface area contributed by atoms with Gasteiger partial charge in [0.1, 0.15) is 0 Å². The number of furan rings is 1. The fraction of sp³-hybridized carbons (Fsp3) is 0.0909. The van der Waals surface area contributed by atoms with E-state index in [9.17, 15) is 4.79 Å². The maximum Gasteiger partial charge on any atom is 0.280 e. The minimum absolute atomic E-state index is 0.117. The van der Waals surface area contributed by atoms with Crippen LogP contribution in [-0.2, 0) is 6.54 Å². The van der Waals surface area contributed by atoms with Gasteiger partial charge in [0.05, 0.1) is 36.0 Å². The van der Waals surface area contributed by atoms with Crippen molar-refractivity contribution in [3.8, 4) is 5.69 Å². The Bertz CT molecular complexity index is 1110. The normalized spacial score (nSPS) is 11.7. The Kier molecular flexibility index (Phi) is 4.58. The van der Waals surface area contributed by atoms with Crippen molar-refractivity contribution in [3.05, 3.63) is 112 Å². The highest BCUT2D eigenvalue weighted by Crippen LogP contribution is 2.15. The number of para-hydroxylation sites is 1. The Hall–Kier alpha value is -3.60. The molecule has 0 atom stereocenters. The summed E-state index contributed by atoms with van der Waals surface area (Å²) in [6.45, 7) is 2.34. The number of aliphatic imine (C=N–C) groups is 1. The van der Waals surface area contributed by atoms with Gasteiger partial charge in [0.2, 0.25) is 0 Å². The second kappa shape index (κ2) is 7.33. The number of rotatable bonds is 5. The van der Waals surface area contributed by atoms with Gasteiger partial charge in [-0.15, -0.1) is 0 Å². The van der Waals surface area contributed by atoms with Crippen LogP contribution in [0.3, 0.4) is 0 Å². The number of nitrogens with one attached hydrogen (secondary N) is 1. The third kappa shape index (κ3) is 3.40. The smallest absolute Gasteiger partial charge is 0.280 e. The van der Waals surface area contributed by atoms with Crippen LogP contribution in [0.15, 0.2) is 93.5 Å². The molecule has 134 valence electrons. The first-order valence-electron chi connectivity index (χ1n) is 8.72. The van der Waals surface area contributed by atoms with E-state index >= 15 is 0 Å². The summed E-state index contributed by atoms with van der Waals surface area (Å²) < 4.78 is 6.68. The average Bonchev–Trinajstić information content (AvgIpc) is 3.33. The number of hydrogen-bond donors (Lipinski definition) is 1. The van der Waals surface area contributed by atoms with Gasteiger partial charge in [-0.3, -0.25) is 14.9 Å². The highest BCUT2D eigenvalue weighted by atomic mass is 16.3. The molecule has 4 rings (SSSR count). The third-order valence-electron chi connectivity index (χ3n) is 4.37. The maximum atomic E-state index is 13.2. The van der Waals surface area contributed by atoms with E-state index in [4.69, 9.17) is 9.41 Å². The van der Waals surface area contributed by atoms with Crippen LogP contribution in [-0.4, -0.2) is 15.5 Å². The van der Waals surface area contributed by atoms with Crippen LogP contribution in [0.1, 0.15) is 22.4 Å². The van der Waals surface area contributed by atoms with Crippen molar-refractivity contribution >= 4 is 5.71 Å². The van der Waals surface area contributed by atoms with Gasteiger partial charge in [0, 0.05) is 16.8 Å². The number of aromatic nitrogens is 2. The Balaban J connectivity index is 1.85. The first-order valence-corrected chi connectivity index (χ1v) is 8.72. The Morgan fingerprint density at radius 2 is 1.74 bits per heavy atom. The van der Waals surface area contributed by atoms with Crippen molar-refractivity contribution in [2.75, 3.05) is 0 Å². The molecule has 5 heteroatoms. The van der Waals surface area contributed by atoms with Crippen molar-refractivity contribution in [1.29, 1.82) is 0 Å². The first kappa shape index (κ1) is 16.8. The predicted octanol–water partition coefficient (Wildman–Crippen LogP) is 4.10. The highest BCUT2D eigenvalue weighted by molar-refractivity contribution is 6.13. The molecule has 0 aliphatic carbocycles. The molecule has 4 aromatic rings. The van der Waals surface area contributed by atoms with Crippen molar-refractivity contribution in [1.82, 2.24) is 9.78 Å². The standard InChI is InChI=1S/C22H19N3O2/c1-16-20(22(26)25(24-16)19-10-6-3-7-11-19)21(18-8-4-2-5-9-18)23-14-17-12-13-27-15-17/h2-13,15,24H,14H2,1H3. The number of aryl methyl sites for hydroxylation is 1. The van der Waals surface area contributed by atoms with Crippen molar-refractivity contribution in [2.24, 2.45) is 4.99 Å². The van der Waals surface area contributed by atoms with Gasteiger partial charge in [-0.1, -0.05) is 48.5 Å². The maximum absolute atomic E-state index is 13.2. The lowest BCUT2D eigenvalue weighted by molar-refractivity contribution is 0.564. The van der Waals surface area contributed by atoms with Crippen LogP contribution in [0.5, 0.6) is 0 Å². The van der Waals surface area contributed by atoms with Crippen molar-refractivity contribution in [2.45, 2.75) is 13.5 Å². The van der Waals surface area contributed by atoms with Gasteiger partial charge in [0.15, 0.2) is 0 Å². The summed E-state index contributed by atoms with van der Waals surface area (Å²) in [6, 6.07) is 21.2.